The van der Waals surface area contributed by atoms with Crippen LogP contribution in [0, 0.1) is 0 Å². The second-order valence-corrected chi connectivity index (χ2v) is 2.73. The van der Waals surface area contributed by atoms with Gasteiger partial charge in [-0.2, -0.15) is 0 Å². The van der Waals surface area contributed by atoms with Gasteiger partial charge in [0.15, 0.2) is 0 Å². The van der Waals surface area contributed by atoms with Crippen molar-refractivity contribution in [2.24, 2.45) is 0 Å². The van der Waals surface area contributed by atoms with Crippen molar-refractivity contribution >= 4 is 5.69 Å². The van der Waals surface area contributed by atoms with Crippen LogP contribution in [-0.4, -0.2) is 27.2 Å². The van der Waals surface area contributed by atoms with E-state index in [1.165, 1.54) is 0 Å². The summed E-state index contributed by atoms with van der Waals surface area (Å²) in [5.74, 6) is 0.888. The topological polar surface area (TPSA) is 33.3 Å². The third-order valence-corrected chi connectivity index (χ3v) is 1.80. The summed E-state index contributed by atoms with van der Waals surface area (Å²) in [6, 6.07) is 7.91. The minimum atomic E-state index is 0.888. The molecule has 0 atom stereocenters. The number of para-hydroxylation sites is 2. The Bertz CT molecular complexity index is 250. The zero-order chi connectivity index (χ0) is 9.52. The molecule has 0 saturated heterocycles. The van der Waals surface area contributed by atoms with Gasteiger partial charge in [0.2, 0.25) is 0 Å². The standard InChI is InChI=1S/C10H16N2O/c1-11-7-8-12-9-5-3-4-6-10(9)13-2/h3-6,11-12H,7-8H2,1-2H3. The van der Waals surface area contributed by atoms with Crippen LogP contribution in [-0.2, 0) is 0 Å². The molecular weight excluding hydrogens is 164 g/mol. The Kier molecular flexibility index (Phi) is 4.12. The van der Waals surface area contributed by atoms with Crippen LogP contribution in [0.5, 0.6) is 5.75 Å². The van der Waals surface area contributed by atoms with E-state index in [9.17, 15) is 0 Å². The summed E-state index contributed by atoms with van der Waals surface area (Å²) in [7, 11) is 3.61. The van der Waals surface area contributed by atoms with Crippen molar-refractivity contribution < 1.29 is 4.74 Å². The van der Waals surface area contributed by atoms with Gasteiger partial charge < -0.3 is 15.4 Å². The van der Waals surface area contributed by atoms with Crippen LogP contribution in [0.15, 0.2) is 24.3 Å². The Morgan fingerprint density at radius 2 is 2.00 bits per heavy atom. The predicted octanol–water partition coefficient (Wildman–Crippen LogP) is 1.33. The highest BCUT2D eigenvalue weighted by Gasteiger charge is 1.98. The van der Waals surface area contributed by atoms with Crippen molar-refractivity contribution in [2.45, 2.75) is 0 Å². The quantitative estimate of drug-likeness (QED) is 0.671. The Balaban J connectivity index is 2.54. The normalized spacial score (nSPS) is 9.69. The Morgan fingerprint density at radius 1 is 1.23 bits per heavy atom. The lowest BCUT2D eigenvalue weighted by Crippen LogP contribution is -2.17. The number of benzene rings is 1. The van der Waals surface area contributed by atoms with Gasteiger partial charge in [0.25, 0.3) is 0 Å². The van der Waals surface area contributed by atoms with Crippen molar-refractivity contribution in [3.8, 4) is 5.75 Å². The van der Waals surface area contributed by atoms with Crippen LogP contribution >= 0.6 is 0 Å². The molecule has 1 aromatic rings. The van der Waals surface area contributed by atoms with Gasteiger partial charge in [0.1, 0.15) is 5.75 Å². The fourth-order valence-corrected chi connectivity index (χ4v) is 1.11. The Morgan fingerprint density at radius 3 is 2.69 bits per heavy atom. The molecule has 0 aliphatic carbocycles. The van der Waals surface area contributed by atoms with E-state index >= 15 is 0 Å². The van der Waals surface area contributed by atoms with Crippen molar-refractivity contribution in [1.29, 1.82) is 0 Å². The van der Waals surface area contributed by atoms with E-state index in [4.69, 9.17) is 4.74 Å². The molecule has 0 heterocycles. The second-order valence-electron chi connectivity index (χ2n) is 2.73. The van der Waals surface area contributed by atoms with E-state index in [0.717, 1.165) is 24.5 Å². The van der Waals surface area contributed by atoms with Crippen LogP contribution in [0.4, 0.5) is 5.69 Å². The summed E-state index contributed by atoms with van der Waals surface area (Å²) in [5.41, 5.74) is 1.04. The molecule has 0 spiro atoms. The molecule has 0 aliphatic heterocycles. The first-order valence-corrected chi connectivity index (χ1v) is 4.40. The van der Waals surface area contributed by atoms with Gasteiger partial charge in [0.05, 0.1) is 12.8 Å². The average Bonchev–Trinajstić information content (AvgIpc) is 2.19. The summed E-state index contributed by atoms with van der Waals surface area (Å²) >= 11 is 0. The number of rotatable bonds is 5. The van der Waals surface area contributed by atoms with Crippen molar-refractivity contribution in [3.63, 3.8) is 0 Å². The molecule has 0 aromatic heterocycles. The van der Waals surface area contributed by atoms with E-state index in [1.54, 1.807) is 7.11 Å². The van der Waals surface area contributed by atoms with Crippen LogP contribution in [0.1, 0.15) is 0 Å². The molecule has 0 fully saturated rings. The Hall–Kier alpha value is -1.22. The number of anilines is 1. The highest BCUT2D eigenvalue weighted by molar-refractivity contribution is 5.55. The van der Waals surface area contributed by atoms with Crippen molar-refractivity contribution in [3.05, 3.63) is 24.3 Å². The zero-order valence-electron chi connectivity index (χ0n) is 8.13. The molecule has 72 valence electrons. The van der Waals surface area contributed by atoms with Gasteiger partial charge in [-0.3, -0.25) is 0 Å². The fourth-order valence-electron chi connectivity index (χ4n) is 1.11. The molecule has 0 unspecified atom stereocenters. The van der Waals surface area contributed by atoms with E-state index in [0.29, 0.717) is 0 Å². The predicted molar refractivity (Wildman–Crippen MR) is 55.4 cm³/mol. The lowest BCUT2D eigenvalue weighted by molar-refractivity contribution is 0.416. The lowest BCUT2D eigenvalue weighted by Gasteiger charge is -2.09. The maximum atomic E-state index is 5.19. The maximum Gasteiger partial charge on any atom is 0.141 e. The molecule has 0 aliphatic rings. The van der Waals surface area contributed by atoms with E-state index < -0.39 is 0 Å². The van der Waals surface area contributed by atoms with E-state index in [-0.39, 0.29) is 0 Å². The molecule has 0 bridgehead atoms. The number of ether oxygens (including phenoxy) is 1. The lowest BCUT2D eigenvalue weighted by atomic mass is 10.3. The number of hydrogen-bond acceptors (Lipinski definition) is 3. The third-order valence-electron chi connectivity index (χ3n) is 1.80. The first-order valence-electron chi connectivity index (χ1n) is 4.40. The maximum absolute atomic E-state index is 5.19. The molecule has 0 saturated carbocycles. The SMILES string of the molecule is CNCCNc1ccccc1OC. The molecule has 2 N–H and O–H groups in total. The van der Waals surface area contributed by atoms with Gasteiger partial charge >= 0.3 is 0 Å². The van der Waals surface area contributed by atoms with Crippen LogP contribution in [0.25, 0.3) is 0 Å². The first kappa shape index (κ1) is 9.86. The number of hydrogen-bond donors (Lipinski definition) is 2. The van der Waals surface area contributed by atoms with Gasteiger partial charge in [-0.1, -0.05) is 12.1 Å². The summed E-state index contributed by atoms with van der Waals surface area (Å²) in [4.78, 5) is 0. The van der Waals surface area contributed by atoms with Crippen LogP contribution in [0.3, 0.4) is 0 Å². The summed E-state index contributed by atoms with van der Waals surface area (Å²) in [6.45, 7) is 1.84. The fraction of sp³-hybridized carbons (Fsp3) is 0.400. The Labute approximate surface area is 79.1 Å². The summed E-state index contributed by atoms with van der Waals surface area (Å²) in [6.07, 6.45) is 0. The molecule has 3 nitrogen and oxygen atoms in total. The highest BCUT2D eigenvalue weighted by atomic mass is 16.5. The largest absolute Gasteiger partial charge is 0.495 e. The third kappa shape index (κ3) is 2.95. The van der Waals surface area contributed by atoms with Crippen LogP contribution in [0.2, 0.25) is 0 Å². The first-order chi connectivity index (χ1) is 6.38. The average molecular weight is 180 g/mol. The minimum absolute atomic E-state index is 0.888. The number of likely N-dealkylation sites (N-methyl/N-ethyl adjacent to an activating group) is 1. The number of nitrogens with one attached hydrogen (secondary N) is 2. The second kappa shape index (κ2) is 5.43. The molecule has 1 rings (SSSR count). The monoisotopic (exact) mass is 180 g/mol. The van der Waals surface area contributed by atoms with E-state index in [2.05, 4.69) is 10.6 Å². The number of methoxy groups -OCH3 is 1. The molecular formula is C10H16N2O. The van der Waals surface area contributed by atoms with Gasteiger partial charge in [0, 0.05) is 13.1 Å². The van der Waals surface area contributed by atoms with Crippen LogP contribution < -0.4 is 15.4 Å². The van der Waals surface area contributed by atoms with Gasteiger partial charge in [-0.15, -0.1) is 0 Å². The molecule has 13 heavy (non-hydrogen) atoms. The van der Waals surface area contributed by atoms with E-state index in [1.807, 2.05) is 31.3 Å². The van der Waals surface area contributed by atoms with Crippen molar-refractivity contribution in [1.82, 2.24) is 5.32 Å². The van der Waals surface area contributed by atoms with Crippen molar-refractivity contribution in [2.75, 3.05) is 32.6 Å². The zero-order valence-corrected chi connectivity index (χ0v) is 8.13. The van der Waals surface area contributed by atoms with Gasteiger partial charge in [-0.05, 0) is 19.2 Å². The minimum Gasteiger partial charge on any atom is -0.495 e. The van der Waals surface area contributed by atoms with Gasteiger partial charge in [-0.25, -0.2) is 0 Å². The smallest absolute Gasteiger partial charge is 0.141 e. The molecule has 1 aromatic carbocycles. The molecule has 0 amide bonds. The molecule has 0 radical (unpaired) electrons. The molecule has 3 heteroatoms. The summed E-state index contributed by atoms with van der Waals surface area (Å²) in [5, 5.41) is 6.35. The summed E-state index contributed by atoms with van der Waals surface area (Å²) < 4.78 is 5.19. The highest BCUT2D eigenvalue weighted by Crippen LogP contribution is 2.22.